The van der Waals surface area contributed by atoms with Gasteiger partial charge in [-0.25, -0.2) is 53.8 Å². The molecule has 9 aromatic heterocycles. The fraction of sp³-hybridized carbons (Fsp3) is 0.345. The second-order valence-corrected chi connectivity index (χ2v) is 32.6. The Bertz CT molecular complexity index is 5790. The van der Waals surface area contributed by atoms with Crippen molar-refractivity contribution in [3.05, 3.63) is 278 Å². The van der Waals surface area contributed by atoms with Gasteiger partial charge in [-0.1, -0.05) is 186 Å². The Kier molecular flexibility index (Phi) is 27.5. The lowest BCUT2D eigenvalue weighted by Gasteiger charge is -2.38. The van der Waals surface area contributed by atoms with Gasteiger partial charge in [0.1, 0.15) is 49.5 Å². The Hall–Kier alpha value is -11.6. The average Bonchev–Trinajstić information content (AvgIpc) is 1.33. The van der Waals surface area contributed by atoms with Crippen molar-refractivity contribution in [1.82, 2.24) is 86.2 Å². The number of hydrogen-bond donors (Lipinski definition) is 3. The predicted octanol–water partition coefficient (Wildman–Crippen LogP) is 18.6. The van der Waals surface area contributed by atoms with Crippen LogP contribution in [-0.2, 0) is 30.7 Å². The van der Waals surface area contributed by atoms with Gasteiger partial charge in [0.15, 0.2) is 16.9 Å². The maximum Gasteiger partial charge on any atom is 0.263 e. The molecule has 0 aromatic carbocycles. The number of imidazole rings is 6. The molecule has 0 saturated carbocycles. The van der Waals surface area contributed by atoms with Gasteiger partial charge < -0.3 is 33.1 Å². The number of nitrogens with zero attached hydrogens (tertiary/aromatic N) is 18. The molecule has 0 bridgehead atoms. The second kappa shape index (κ2) is 36.9. The molecule has 114 heavy (non-hydrogen) atoms. The van der Waals surface area contributed by atoms with E-state index >= 15 is 0 Å². The zero-order valence-electron chi connectivity index (χ0n) is 68.5. The number of fused-ring (bicyclic) bond motifs is 3. The van der Waals surface area contributed by atoms with Crippen LogP contribution in [0.2, 0.25) is 0 Å². The fourth-order valence-electron chi connectivity index (χ4n) is 14.6. The molecule has 27 heteroatoms. The van der Waals surface area contributed by atoms with Crippen molar-refractivity contribution in [2.75, 3.05) is 16.6 Å². The number of anilines is 1. The van der Waals surface area contributed by atoms with Crippen LogP contribution in [0, 0.1) is 30.2 Å². The van der Waals surface area contributed by atoms with E-state index in [4.69, 9.17) is 42.4 Å². The van der Waals surface area contributed by atoms with Crippen LogP contribution in [0.25, 0.3) is 33.5 Å². The molecule has 3 aliphatic rings. The van der Waals surface area contributed by atoms with E-state index in [1.807, 2.05) is 140 Å². The Labute approximate surface area is 682 Å². The molecule has 0 saturated heterocycles. The first kappa shape index (κ1) is 84.9. The Morgan fingerprint density at radius 2 is 0.798 bits per heavy atom. The first-order valence-electron chi connectivity index (χ1n) is 38.0. The van der Waals surface area contributed by atoms with Gasteiger partial charge >= 0.3 is 0 Å². The fourth-order valence-corrected chi connectivity index (χ4v) is 15.2. The van der Waals surface area contributed by atoms with Crippen molar-refractivity contribution < 1.29 is 14.4 Å². The summed E-state index contributed by atoms with van der Waals surface area (Å²) in [6, 6.07) is 1.05. The number of carbonyl (C=O) groups is 3. The van der Waals surface area contributed by atoms with Crippen LogP contribution < -0.4 is 16.6 Å². The van der Waals surface area contributed by atoms with Gasteiger partial charge in [0.25, 0.3) is 17.7 Å². The summed E-state index contributed by atoms with van der Waals surface area (Å²) in [6.07, 6.45) is 67.3. The van der Waals surface area contributed by atoms with Crippen LogP contribution in [-0.4, -0.2) is 104 Å². The highest BCUT2D eigenvalue weighted by Crippen LogP contribution is 2.48. The van der Waals surface area contributed by atoms with E-state index in [1.165, 1.54) is 78.5 Å². The Morgan fingerprint density at radius 3 is 1.18 bits per heavy atom. The summed E-state index contributed by atoms with van der Waals surface area (Å²) < 4.78 is 17.5. The summed E-state index contributed by atoms with van der Waals surface area (Å²) in [4.78, 5) is 76.3. The molecule has 2 amide bonds. The SMILES string of the molecule is CC1=C(/C=C/C(C)=C/C=C/C(C)=C/C(=O)Nn2cnc3c(=S)n(C)c(N)nc32)C(C)(C)CCC1n1ccnc1.CC1=C(/C=C/C(C)=C/C=C/C(C)=C/C(=O)Nn2cnc3c(=S)n(C)cnc32)C(C)(C)CCC1n1ccnc1.CC1=C(/C=C/C(C)=C/C=C/C(C)=C/C(=O)n2cnc3c(=S)n(C)cnc32)C(C)(C)CCC1n1ccnc1. The standard InChI is InChI=1S/C29H36N8OS.C29H35N7OS.C29H34N6OS/c1-19(10-11-22-21(3)23(12-13-29(22,4)5)36-15-14-31-17-36)8-7-9-20(2)16-24(38)34-37-18-32-25-26(37)33-28(30)35(6)27(25)39;1-20(10-11-23-22(3)24(12-13-29(23,4)5)35-15-14-30-17-35)8-7-9-21(2)16-25(37)33-36-19-31-26-27(36)32-18-34(6)28(26)38;1-20(10-11-23-22(3)24(12-13-29(23,4)5)34-15-14-30-17-34)8-7-9-21(2)16-25(36)35-19-31-26-27(35)32-18-33(6)28(26)37/h7-11,14-18,23H,12-13H2,1-6H3,(H2,30,33)(H,34,38);7-11,14-19,24H,12-13H2,1-6H3,(H,33,37);7-11,14-19,24H,12-13H2,1-6H3/b9-7+,11-10+,19-8+,20-16+;2*9-7+,11-10+,20-8+,21-16+. The van der Waals surface area contributed by atoms with Crippen molar-refractivity contribution >= 4 is 93.8 Å². The van der Waals surface area contributed by atoms with E-state index < -0.39 is 0 Å². The number of nitrogen functional groups attached to an aromatic ring is 1. The van der Waals surface area contributed by atoms with Crippen molar-refractivity contribution in [3.8, 4) is 0 Å². The van der Waals surface area contributed by atoms with Gasteiger partial charge in [-0.15, -0.1) is 0 Å². The lowest BCUT2D eigenvalue weighted by Crippen LogP contribution is -2.25. The lowest BCUT2D eigenvalue weighted by atomic mass is 9.71. The first-order chi connectivity index (χ1) is 54.1. The quantitative estimate of drug-likeness (QED) is 0.0364. The van der Waals surface area contributed by atoms with Gasteiger partial charge in [0.05, 0.1) is 49.8 Å². The minimum Gasteiger partial charge on any atom is -0.369 e. The topological polar surface area (TPSA) is 262 Å². The maximum absolute atomic E-state index is 12.8. The number of allylic oxidation sites excluding steroid dienone is 28. The number of amides is 2. The third-order valence-corrected chi connectivity index (χ3v) is 22.7. The molecule has 3 unspecified atom stereocenters. The molecule has 3 aliphatic carbocycles. The molecule has 0 radical (unpaired) electrons. The van der Waals surface area contributed by atoms with E-state index in [0.717, 1.165) is 72.0 Å². The number of nitrogens with two attached hydrogens (primary N) is 1. The van der Waals surface area contributed by atoms with Crippen molar-refractivity contribution in [3.63, 3.8) is 0 Å². The summed E-state index contributed by atoms with van der Waals surface area (Å²) >= 11 is 16.1. The largest absolute Gasteiger partial charge is 0.369 e. The number of rotatable bonds is 20. The molecule has 3 atom stereocenters. The molecule has 12 rings (SSSR count). The monoisotopic (exact) mass is 1590 g/mol. The maximum atomic E-state index is 12.8. The smallest absolute Gasteiger partial charge is 0.263 e. The summed E-state index contributed by atoms with van der Waals surface area (Å²) in [7, 11) is 5.34. The van der Waals surface area contributed by atoms with Crippen LogP contribution in [0.3, 0.4) is 0 Å². The number of nitrogens with one attached hydrogen (secondary N) is 2. The van der Waals surface area contributed by atoms with Gasteiger partial charge in [0, 0.05) is 76.6 Å². The van der Waals surface area contributed by atoms with Gasteiger partial charge in [-0.05, 0) is 167 Å². The van der Waals surface area contributed by atoms with Gasteiger partial charge in [-0.2, -0.15) is 4.98 Å². The molecule has 24 nitrogen and oxygen atoms in total. The van der Waals surface area contributed by atoms with Gasteiger partial charge in [0.2, 0.25) is 5.95 Å². The lowest BCUT2D eigenvalue weighted by molar-refractivity contribution is -0.113. The van der Waals surface area contributed by atoms with E-state index in [-0.39, 0.29) is 39.9 Å². The minimum atomic E-state index is -0.314. The number of hydrogen-bond acceptors (Lipinski definition) is 16. The van der Waals surface area contributed by atoms with Crippen molar-refractivity contribution in [1.29, 1.82) is 0 Å². The van der Waals surface area contributed by atoms with Gasteiger partial charge in [-0.3, -0.25) is 25.2 Å². The zero-order valence-corrected chi connectivity index (χ0v) is 71.0. The summed E-state index contributed by atoms with van der Waals surface area (Å²) in [5.74, 6) is -0.561. The molecule has 9 heterocycles. The molecular formula is C87H105N21O3S3. The third kappa shape index (κ3) is 20.6. The number of aromatic nitrogens is 18. The van der Waals surface area contributed by atoms with Crippen LogP contribution >= 0.6 is 36.7 Å². The number of aryl methyl sites for hydroxylation is 2. The third-order valence-electron chi connectivity index (χ3n) is 21.3. The molecule has 9 aromatic rings. The van der Waals surface area contributed by atoms with E-state index in [2.05, 4.69) is 195 Å². The average molecular weight is 1590 g/mol. The Balaban J connectivity index is 0.000000181. The van der Waals surface area contributed by atoms with E-state index in [0.29, 0.717) is 65.5 Å². The van der Waals surface area contributed by atoms with E-state index in [1.54, 1.807) is 39.5 Å². The van der Waals surface area contributed by atoms with Crippen molar-refractivity contribution in [2.45, 2.75) is 161 Å². The highest BCUT2D eigenvalue weighted by Gasteiger charge is 2.35. The molecule has 4 N–H and O–H groups in total. The minimum absolute atomic E-state index is 0.118. The molecule has 0 fully saturated rings. The summed E-state index contributed by atoms with van der Waals surface area (Å²) in [6.45, 7) is 32.5. The van der Waals surface area contributed by atoms with E-state index in [9.17, 15) is 14.4 Å². The van der Waals surface area contributed by atoms with Crippen LogP contribution in [0.1, 0.15) is 165 Å². The van der Waals surface area contributed by atoms with Crippen LogP contribution in [0.5, 0.6) is 0 Å². The molecular weight excluding hydrogens is 1480 g/mol. The Morgan fingerprint density at radius 1 is 0.447 bits per heavy atom. The normalized spacial score (nSPS) is 18.8. The van der Waals surface area contributed by atoms with Crippen molar-refractivity contribution in [2.24, 2.45) is 37.4 Å². The summed E-state index contributed by atoms with van der Waals surface area (Å²) in [5, 5.41) is 0. The zero-order chi connectivity index (χ0) is 82.5. The predicted molar refractivity (Wildman–Crippen MR) is 464 cm³/mol. The second-order valence-electron chi connectivity index (χ2n) is 31.4. The highest BCUT2D eigenvalue weighted by atomic mass is 32.1. The highest BCUT2D eigenvalue weighted by molar-refractivity contribution is 7.72. The molecule has 0 aliphatic heterocycles. The van der Waals surface area contributed by atoms with Crippen LogP contribution in [0.15, 0.2) is 264 Å². The number of carbonyl (C=O) groups excluding carboxylic acids is 3. The molecule has 0 spiro atoms. The van der Waals surface area contributed by atoms with Crippen LogP contribution in [0.4, 0.5) is 5.95 Å². The summed E-state index contributed by atoms with van der Waals surface area (Å²) in [5.41, 5.74) is 28.9. The molecule has 594 valence electrons. The first-order valence-corrected chi connectivity index (χ1v) is 39.2.